The molecule has 2 N–H and O–H groups in total. The molecule has 0 unspecified atom stereocenters. The minimum absolute atomic E-state index is 0.00615. The van der Waals surface area contributed by atoms with Crippen LogP contribution in [0.4, 0.5) is 5.69 Å². The zero-order chi connectivity index (χ0) is 19.5. The summed E-state index contributed by atoms with van der Waals surface area (Å²) in [5.74, 6) is -0.0811. The molecule has 0 radical (unpaired) electrons. The van der Waals surface area contributed by atoms with Crippen LogP contribution in [0.2, 0.25) is 0 Å². The quantitative estimate of drug-likeness (QED) is 0.711. The Hall–Kier alpha value is -2.39. The van der Waals surface area contributed by atoms with Crippen LogP contribution in [0.25, 0.3) is 0 Å². The first-order valence-corrected chi connectivity index (χ1v) is 9.69. The molecule has 0 saturated heterocycles. The molecule has 0 atom stereocenters. The van der Waals surface area contributed by atoms with Gasteiger partial charge in [-0.15, -0.1) is 0 Å². The average Bonchev–Trinajstić information content (AvgIpc) is 2.89. The van der Waals surface area contributed by atoms with Crippen LogP contribution < -0.4 is 5.32 Å². The van der Waals surface area contributed by atoms with E-state index in [4.69, 9.17) is 4.52 Å². The van der Waals surface area contributed by atoms with Crippen molar-refractivity contribution in [2.75, 3.05) is 18.4 Å². The molecule has 0 aliphatic heterocycles. The molecule has 1 aromatic heterocycles. The first-order chi connectivity index (χ1) is 12.2. The summed E-state index contributed by atoms with van der Waals surface area (Å²) in [6.45, 7) is 7.58. The molecule has 0 bridgehead atoms. The van der Waals surface area contributed by atoms with Crippen molar-refractivity contribution < 1.29 is 22.8 Å². The van der Waals surface area contributed by atoms with E-state index in [0.717, 1.165) is 0 Å². The van der Waals surface area contributed by atoms with Gasteiger partial charge in [0, 0.05) is 18.7 Å². The molecule has 2 aromatic rings. The van der Waals surface area contributed by atoms with Crippen LogP contribution >= 0.6 is 0 Å². The van der Waals surface area contributed by atoms with Gasteiger partial charge in [-0.1, -0.05) is 19.0 Å². The number of phenolic OH excluding ortho intramolecular Hbond substituents is 1. The lowest BCUT2D eigenvalue weighted by molar-refractivity contribution is -0.115. The number of phenols is 1. The van der Waals surface area contributed by atoms with Crippen molar-refractivity contribution in [3.63, 3.8) is 0 Å². The molecule has 0 aliphatic rings. The topological polar surface area (TPSA) is 113 Å². The van der Waals surface area contributed by atoms with Crippen molar-refractivity contribution in [3.8, 4) is 5.75 Å². The van der Waals surface area contributed by atoms with Gasteiger partial charge in [0.25, 0.3) is 0 Å². The third-order valence-electron chi connectivity index (χ3n) is 4.10. The Morgan fingerprint density at radius 2 is 1.92 bits per heavy atom. The average molecular weight is 381 g/mol. The van der Waals surface area contributed by atoms with Gasteiger partial charge in [-0.3, -0.25) is 4.79 Å². The largest absolute Gasteiger partial charge is 0.506 e. The molecule has 0 spiro atoms. The van der Waals surface area contributed by atoms with Gasteiger partial charge in [-0.05, 0) is 32.0 Å². The van der Waals surface area contributed by atoms with Gasteiger partial charge in [0.1, 0.15) is 11.5 Å². The van der Waals surface area contributed by atoms with E-state index in [1.807, 2.05) is 0 Å². The summed E-state index contributed by atoms with van der Waals surface area (Å²) in [5.41, 5.74) is 1.31. The van der Waals surface area contributed by atoms with Crippen molar-refractivity contribution >= 4 is 21.6 Å². The molecular weight excluding hydrogens is 358 g/mol. The first kappa shape index (κ1) is 19.9. The van der Waals surface area contributed by atoms with Crippen molar-refractivity contribution in [1.82, 2.24) is 9.46 Å². The summed E-state index contributed by atoms with van der Waals surface area (Å²) < 4.78 is 31.5. The lowest BCUT2D eigenvalue weighted by atomic mass is 10.1. The number of aromatic nitrogens is 1. The maximum absolute atomic E-state index is 12.6. The molecule has 2 rings (SSSR count). The summed E-state index contributed by atoms with van der Waals surface area (Å²) in [4.78, 5) is 12.3. The van der Waals surface area contributed by atoms with E-state index in [0.29, 0.717) is 30.1 Å². The summed E-state index contributed by atoms with van der Waals surface area (Å²) in [7, 11) is -3.69. The van der Waals surface area contributed by atoms with Gasteiger partial charge in [0.2, 0.25) is 15.9 Å². The summed E-state index contributed by atoms with van der Waals surface area (Å²) in [5, 5.41) is 16.3. The number of amides is 1. The molecule has 1 heterocycles. The van der Waals surface area contributed by atoms with Crippen LogP contribution in [0, 0.1) is 13.8 Å². The number of sulfonamides is 1. The molecule has 26 heavy (non-hydrogen) atoms. The standard InChI is InChI=1S/C17H23N3O5S/c1-5-20(6-2)26(23,24)13-7-8-16(21)15(9-13)18-17(22)10-14-11(3)19-25-12(14)4/h7-9,21H,5-6,10H2,1-4H3,(H,18,22). The smallest absolute Gasteiger partial charge is 0.243 e. The summed E-state index contributed by atoms with van der Waals surface area (Å²) >= 11 is 0. The van der Waals surface area contributed by atoms with Gasteiger partial charge in [0.05, 0.1) is 22.7 Å². The molecule has 142 valence electrons. The van der Waals surface area contributed by atoms with Gasteiger partial charge >= 0.3 is 0 Å². The number of nitrogens with one attached hydrogen (secondary N) is 1. The zero-order valence-electron chi connectivity index (χ0n) is 15.2. The molecule has 1 aromatic carbocycles. The molecule has 0 saturated carbocycles. The maximum Gasteiger partial charge on any atom is 0.243 e. The number of carbonyl (C=O) groups is 1. The third-order valence-corrected chi connectivity index (χ3v) is 6.15. The van der Waals surface area contributed by atoms with E-state index in [1.165, 1.54) is 22.5 Å². The zero-order valence-corrected chi connectivity index (χ0v) is 16.1. The van der Waals surface area contributed by atoms with Crippen molar-refractivity contribution in [2.45, 2.75) is 39.0 Å². The van der Waals surface area contributed by atoms with Gasteiger partial charge < -0.3 is 14.9 Å². The van der Waals surface area contributed by atoms with Crippen molar-refractivity contribution in [3.05, 3.63) is 35.2 Å². The van der Waals surface area contributed by atoms with Crippen molar-refractivity contribution in [2.24, 2.45) is 0 Å². The highest BCUT2D eigenvalue weighted by Crippen LogP contribution is 2.28. The van der Waals surface area contributed by atoms with Crippen LogP contribution in [-0.2, 0) is 21.2 Å². The highest BCUT2D eigenvalue weighted by Gasteiger charge is 2.23. The fourth-order valence-corrected chi connectivity index (χ4v) is 4.08. The van der Waals surface area contributed by atoms with Gasteiger partial charge in [0.15, 0.2) is 0 Å². The van der Waals surface area contributed by atoms with Gasteiger partial charge in [-0.2, -0.15) is 4.31 Å². The Bertz CT molecular complexity index is 882. The molecule has 0 fully saturated rings. The van der Waals surface area contributed by atoms with Crippen LogP contribution in [0.1, 0.15) is 30.9 Å². The van der Waals surface area contributed by atoms with E-state index in [1.54, 1.807) is 27.7 Å². The molecular formula is C17H23N3O5S. The predicted molar refractivity (Wildman–Crippen MR) is 96.5 cm³/mol. The van der Waals surface area contributed by atoms with Gasteiger partial charge in [-0.25, -0.2) is 8.42 Å². The first-order valence-electron chi connectivity index (χ1n) is 8.25. The number of hydrogen-bond donors (Lipinski definition) is 2. The predicted octanol–water partition coefficient (Wildman–Crippen LogP) is 2.21. The third kappa shape index (κ3) is 4.05. The highest BCUT2D eigenvalue weighted by atomic mass is 32.2. The second-order valence-corrected chi connectivity index (χ2v) is 7.73. The number of rotatable bonds is 7. The molecule has 0 aliphatic carbocycles. The van der Waals surface area contributed by atoms with Crippen LogP contribution in [0.3, 0.4) is 0 Å². The van der Waals surface area contributed by atoms with E-state index < -0.39 is 15.9 Å². The minimum Gasteiger partial charge on any atom is -0.506 e. The normalized spacial score (nSPS) is 11.7. The number of anilines is 1. The summed E-state index contributed by atoms with van der Waals surface area (Å²) in [6, 6.07) is 3.82. The fraction of sp³-hybridized carbons (Fsp3) is 0.412. The number of hydrogen-bond acceptors (Lipinski definition) is 6. The lowest BCUT2D eigenvalue weighted by Gasteiger charge is -2.19. The second kappa shape index (κ2) is 7.88. The molecule has 9 heteroatoms. The minimum atomic E-state index is -3.69. The highest BCUT2D eigenvalue weighted by molar-refractivity contribution is 7.89. The molecule has 1 amide bonds. The number of carbonyl (C=O) groups excluding carboxylic acids is 1. The summed E-state index contributed by atoms with van der Waals surface area (Å²) in [6.07, 6.45) is 0.00757. The number of aromatic hydroxyl groups is 1. The van der Waals surface area contributed by atoms with E-state index in [2.05, 4.69) is 10.5 Å². The molecule has 8 nitrogen and oxygen atoms in total. The Morgan fingerprint density at radius 1 is 1.27 bits per heavy atom. The Kier molecular flexibility index (Phi) is 6.04. The lowest BCUT2D eigenvalue weighted by Crippen LogP contribution is -2.30. The number of nitrogens with zero attached hydrogens (tertiary/aromatic N) is 2. The van der Waals surface area contributed by atoms with Crippen LogP contribution in [0.5, 0.6) is 5.75 Å². The maximum atomic E-state index is 12.6. The van der Waals surface area contributed by atoms with Crippen LogP contribution in [-0.4, -0.2) is 42.0 Å². The van der Waals surface area contributed by atoms with Crippen molar-refractivity contribution in [1.29, 1.82) is 0 Å². The van der Waals surface area contributed by atoms with Crippen LogP contribution in [0.15, 0.2) is 27.6 Å². The Morgan fingerprint density at radius 3 is 2.46 bits per heavy atom. The fourth-order valence-electron chi connectivity index (χ4n) is 2.60. The van der Waals surface area contributed by atoms with E-state index in [-0.39, 0.29) is 22.8 Å². The Labute approximate surface area is 152 Å². The number of benzene rings is 1. The SMILES string of the molecule is CCN(CC)S(=O)(=O)c1ccc(O)c(NC(=O)Cc2c(C)noc2C)c1. The second-order valence-electron chi connectivity index (χ2n) is 5.80. The monoisotopic (exact) mass is 381 g/mol. The number of aryl methyl sites for hydroxylation is 2. The van der Waals surface area contributed by atoms with E-state index >= 15 is 0 Å². The Balaban J connectivity index is 2.26. The van der Waals surface area contributed by atoms with E-state index in [9.17, 15) is 18.3 Å².